The van der Waals surface area contributed by atoms with Crippen LogP contribution in [0, 0.1) is 6.92 Å². The molecule has 1 heterocycles. The summed E-state index contributed by atoms with van der Waals surface area (Å²) in [6, 6.07) is 6.25. The molecule has 0 aliphatic rings. The van der Waals surface area contributed by atoms with Crippen LogP contribution in [-0.4, -0.2) is 11.0 Å². The van der Waals surface area contributed by atoms with E-state index in [-0.39, 0.29) is 6.04 Å². The van der Waals surface area contributed by atoms with Crippen LogP contribution < -0.4 is 10.5 Å². The first-order valence-corrected chi connectivity index (χ1v) is 7.79. The van der Waals surface area contributed by atoms with E-state index in [0.717, 1.165) is 27.3 Å². The Bertz CT molecular complexity index is 554. The fraction of sp³-hybridized carbons (Fsp3) is 0.357. The van der Waals surface area contributed by atoms with E-state index < -0.39 is 0 Å². The molecule has 5 heteroatoms. The van der Waals surface area contributed by atoms with Gasteiger partial charge in [-0.05, 0) is 53.9 Å². The van der Waals surface area contributed by atoms with Crippen molar-refractivity contribution < 1.29 is 4.74 Å². The smallest absolute Gasteiger partial charge is 0.134 e. The zero-order valence-electron chi connectivity index (χ0n) is 11.0. The molecule has 0 radical (unpaired) electrons. The van der Waals surface area contributed by atoms with Gasteiger partial charge in [-0.1, -0.05) is 6.07 Å². The summed E-state index contributed by atoms with van der Waals surface area (Å²) < 4.78 is 6.72. The molecule has 0 aliphatic heterocycles. The summed E-state index contributed by atoms with van der Waals surface area (Å²) in [5, 5.41) is 3.08. The average molecular weight is 341 g/mol. The number of benzene rings is 1. The Morgan fingerprint density at radius 3 is 2.84 bits per heavy atom. The van der Waals surface area contributed by atoms with Gasteiger partial charge in [0.1, 0.15) is 12.4 Å². The monoisotopic (exact) mass is 340 g/mol. The molecule has 1 aromatic carbocycles. The summed E-state index contributed by atoms with van der Waals surface area (Å²) in [4.78, 5) is 4.37. The van der Waals surface area contributed by atoms with Crippen LogP contribution in [0.1, 0.15) is 23.2 Å². The summed E-state index contributed by atoms with van der Waals surface area (Å²) >= 11 is 5.17. The highest BCUT2D eigenvalue weighted by Gasteiger charge is 2.06. The standard InChI is InChI=1S/C14H17BrN2OS/c1-9(16)5-11-3-4-14(13(15)6-11)18-7-12-8-19-10(2)17-12/h3-4,6,8-9H,5,7,16H2,1-2H3. The SMILES string of the molecule is Cc1nc(COc2ccc(CC(C)N)cc2Br)cs1. The van der Waals surface area contributed by atoms with Crippen molar-refractivity contribution in [1.29, 1.82) is 0 Å². The Kier molecular flexibility index (Phi) is 4.96. The number of aromatic nitrogens is 1. The van der Waals surface area contributed by atoms with Crippen molar-refractivity contribution in [2.75, 3.05) is 0 Å². The Balaban J connectivity index is 2.00. The third-order valence-corrected chi connectivity index (χ3v) is 4.04. The lowest BCUT2D eigenvalue weighted by Crippen LogP contribution is -2.17. The van der Waals surface area contributed by atoms with Crippen LogP contribution in [0.15, 0.2) is 28.1 Å². The number of aryl methyl sites for hydroxylation is 1. The summed E-state index contributed by atoms with van der Waals surface area (Å²) in [6.07, 6.45) is 0.865. The maximum atomic E-state index is 5.80. The molecule has 2 rings (SSSR count). The molecule has 19 heavy (non-hydrogen) atoms. The van der Waals surface area contributed by atoms with E-state index >= 15 is 0 Å². The van der Waals surface area contributed by atoms with Crippen LogP contribution in [0.25, 0.3) is 0 Å². The second-order valence-corrected chi connectivity index (χ2v) is 6.51. The first kappa shape index (κ1) is 14.5. The number of thiazole rings is 1. The van der Waals surface area contributed by atoms with Gasteiger partial charge in [0.2, 0.25) is 0 Å². The molecule has 102 valence electrons. The number of nitrogens with zero attached hydrogens (tertiary/aromatic N) is 1. The molecule has 0 fully saturated rings. The van der Waals surface area contributed by atoms with E-state index in [1.54, 1.807) is 11.3 Å². The van der Waals surface area contributed by atoms with E-state index in [0.29, 0.717) is 6.61 Å². The molecule has 2 aromatic rings. The highest BCUT2D eigenvalue weighted by atomic mass is 79.9. The summed E-state index contributed by atoms with van der Waals surface area (Å²) in [5.74, 6) is 0.832. The Morgan fingerprint density at radius 2 is 2.26 bits per heavy atom. The molecule has 3 nitrogen and oxygen atoms in total. The second-order valence-electron chi connectivity index (χ2n) is 4.59. The molecule has 2 N–H and O–H groups in total. The Labute approximate surface area is 125 Å². The number of ether oxygens (including phenoxy) is 1. The van der Waals surface area contributed by atoms with Crippen LogP contribution in [-0.2, 0) is 13.0 Å². The minimum Gasteiger partial charge on any atom is -0.486 e. The minimum absolute atomic E-state index is 0.164. The van der Waals surface area contributed by atoms with Crippen LogP contribution in [0.3, 0.4) is 0 Å². The van der Waals surface area contributed by atoms with Crippen molar-refractivity contribution >= 4 is 27.3 Å². The van der Waals surface area contributed by atoms with Gasteiger partial charge in [-0.2, -0.15) is 0 Å². The van der Waals surface area contributed by atoms with Gasteiger partial charge in [0.05, 0.1) is 15.2 Å². The van der Waals surface area contributed by atoms with Crippen molar-refractivity contribution in [3.63, 3.8) is 0 Å². The number of nitrogens with two attached hydrogens (primary N) is 1. The van der Waals surface area contributed by atoms with Crippen LogP contribution >= 0.6 is 27.3 Å². The van der Waals surface area contributed by atoms with Gasteiger partial charge in [0, 0.05) is 11.4 Å². The first-order valence-electron chi connectivity index (χ1n) is 6.12. The highest BCUT2D eigenvalue weighted by molar-refractivity contribution is 9.10. The Hall–Kier alpha value is -0.910. The van der Waals surface area contributed by atoms with Crippen molar-refractivity contribution in [3.8, 4) is 5.75 Å². The molecular weight excluding hydrogens is 324 g/mol. The molecule has 0 bridgehead atoms. The molecule has 0 amide bonds. The van der Waals surface area contributed by atoms with E-state index in [9.17, 15) is 0 Å². The quantitative estimate of drug-likeness (QED) is 0.902. The maximum absolute atomic E-state index is 5.80. The van der Waals surface area contributed by atoms with Crippen molar-refractivity contribution in [3.05, 3.63) is 44.3 Å². The molecule has 1 aromatic heterocycles. The zero-order valence-corrected chi connectivity index (χ0v) is 13.4. The molecule has 0 spiro atoms. The number of hydrogen-bond acceptors (Lipinski definition) is 4. The molecule has 1 unspecified atom stereocenters. The van der Waals surface area contributed by atoms with Crippen molar-refractivity contribution in [2.45, 2.75) is 32.9 Å². The molecule has 1 atom stereocenters. The summed E-state index contributed by atoms with van der Waals surface area (Å²) in [5.41, 5.74) is 7.97. The topological polar surface area (TPSA) is 48.1 Å². The summed E-state index contributed by atoms with van der Waals surface area (Å²) in [7, 11) is 0. The predicted octanol–water partition coefficient (Wildman–Crippen LogP) is 3.68. The van der Waals surface area contributed by atoms with Crippen molar-refractivity contribution in [1.82, 2.24) is 4.98 Å². The lowest BCUT2D eigenvalue weighted by Gasteiger charge is -2.10. The van der Waals surface area contributed by atoms with Gasteiger partial charge in [0.25, 0.3) is 0 Å². The molecular formula is C14H17BrN2OS. The van der Waals surface area contributed by atoms with E-state index in [1.807, 2.05) is 25.3 Å². The van der Waals surface area contributed by atoms with Crippen LogP contribution in [0.4, 0.5) is 0 Å². The van der Waals surface area contributed by atoms with E-state index in [4.69, 9.17) is 10.5 Å². The minimum atomic E-state index is 0.164. The van der Waals surface area contributed by atoms with E-state index in [2.05, 4.69) is 33.0 Å². The fourth-order valence-electron chi connectivity index (χ4n) is 1.79. The highest BCUT2D eigenvalue weighted by Crippen LogP contribution is 2.27. The maximum Gasteiger partial charge on any atom is 0.134 e. The van der Waals surface area contributed by atoms with Gasteiger partial charge in [-0.3, -0.25) is 0 Å². The number of hydrogen-bond donors (Lipinski definition) is 1. The van der Waals surface area contributed by atoms with Gasteiger partial charge in [-0.15, -0.1) is 11.3 Å². The third kappa shape index (κ3) is 4.30. The third-order valence-electron chi connectivity index (χ3n) is 2.60. The largest absolute Gasteiger partial charge is 0.486 e. The van der Waals surface area contributed by atoms with Gasteiger partial charge in [0.15, 0.2) is 0 Å². The van der Waals surface area contributed by atoms with Crippen LogP contribution in [0.5, 0.6) is 5.75 Å². The first-order chi connectivity index (χ1) is 9.04. The lowest BCUT2D eigenvalue weighted by atomic mass is 10.1. The zero-order chi connectivity index (χ0) is 13.8. The predicted molar refractivity (Wildman–Crippen MR) is 82.7 cm³/mol. The number of halogens is 1. The molecule has 0 aliphatic carbocycles. The van der Waals surface area contributed by atoms with Gasteiger partial charge >= 0.3 is 0 Å². The van der Waals surface area contributed by atoms with Crippen LogP contribution in [0.2, 0.25) is 0 Å². The molecule has 0 saturated carbocycles. The number of rotatable bonds is 5. The second kappa shape index (κ2) is 6.50. The summed E-state index contributed by atoms with van der Waals surface area (Å²) in [6.45, 7) is 4.49. The van der Waals surface area contributed by atoms with Gasteiger partial charge < -0.3 is 10.5 Å². The van der Waals surface area contributed by atoms with Crippen molar-refractivity contribution in [2.24, 2.45) is 5.73 Å². The molecule has 0 saturated heterocycles. The average Bonchev–Trinajstić information content (AvgIpc) is 2.73. The fourth-order valence-corrected chi connectivity index (χ4v) is 2.92. The Morgan fingerprint density at radius 1 is 1.47 bits per heavy atom. The lowest BCUT2D eigenvalue weighted by molar-refractivity contribution is 0.300. The normalized spacial score (nSPS) is 12.4. The van der Waals surface area contributed by atoms with E-state index in [1.165, 1.54) is 5.56 Å². The van der Waals surface area contributed by atoms with Gasteiger partial charge in [-0.25, -0.2) is 4.98 Å².